The smallest absolute Gasteiger partial charge is 0.371 e. The largest absolute Gasteiger partial charge is 0.475 e. The molecule has 0 saturated carbocycles. The minimum Gasteiger partial charge on any atom is -0.475 e. The van der Waals surface area contributed by atoms with E-state index in [0.29, 0.717) is 0 Å². The van der Waals surface area contributed by atoms with Crippen molar-refractivity contribution in [2.24, 2.45) is 0 Å². The Hall–Kier alpha value is -1.60. The third-order valence-electron chi connectivity index (χ3n) is 2.01. The monoisotopic (exact) mass is 272 g/mol. The first kappa shape index (κ1) is 11.9. The van der Waals surface area contributed by atoms with Crippen LogP contribution in [0.3, 0.4) is 0 Å². The van der Waals surface area contributed by atoms with E-state index in [9.17, 15) is 13.2 Å². The molecule has 2 aromatic heterocycles. The SMILES string of the molecule is O=C(O)c1ccc(CS(=O)(=O)c2cccs2)o1. The predicted molar refractivity (Wildman–Crippen MR) is 60.9 cm³/mol. The highest BCUT2D eigenvalue weighted by atomic mass is 32.2. The van der Waals surface area contributed by atoms with E-state index in [1.807, 2.05) is 0 Å². The summed E-state index contributed by atoms with van der Waals surface area (Å²) in [6, 6.07) is 5.74. The molecular formula is C10H8O5S2. The van der Waals surface area contributed by atoms with E-state index in [-0.39, 0.29) is 21.5 Å². The number of hydrogen-bond acceptors (Lipinski definition) is 5. The van der Waals surface area contributed by atoms with Gasteiger partial charge in [-0.1, -0.05) is 6.07 Å². The lowest BCUT2D eigenvalue weighted by Crippen LogP contribution is -2.02. The minimum atomic E-state index is -3.45. The molecule has 5 nitrogen and oxygen atoms in total. The zero-order valence-corrected chi connectivity index (χ0v) is 10.1. The van der Waals surface area contributed by atoms with Crippen molar-refractivity contribution in [3.05, 3.63) is 41.2 Å². The Kier molecular flexibility index (Phi) is 3.03. The Bertz CT molecular complexity index is 621. The summed E-state index contributed by atoms with van der Waals surface area (Å²) < 4.78 is 28.8. The van der Waals surface area contributed by atoms with Gasteiger partial charge in [-0.3, -0.25) is 0 Å². The van der Waals surface area contributed by atoms with E-state index >= 15 is 0 Å². The van der Waals surface area contributed by atoms with Crippen LogP contribution < -0.4 is 0 Å². The second-order valence-electron chi connectivity index (χ2n) is 3.26. The Morgan fingerprint density at radius 2 is 2.12 bits per heavy atom. The van der Waals surface area contributed by atoms with Crippen molar-refractivity contribution in [1.29, 1.82) is 0 Å². The highest BCUT2D eigenvalue weighted by Crippen LogP contribution is 2.22. The summed E-state index contributed by atoms with van der Waals surface area (Å²) in [5, 5.41) is 10.3. The molecule has 0 bridgehead atoms. The van der Waals surface area contributed by atoms with Crippen LogP contribution in [0, 0.1) is 0 Å². The summed E-state index contributed by atoms with van der Waals surface area (Å²) in [5.41, 5.74) is 0. The van der Waals surface area contributed by atoms with Gasteiger partial charge in [0.25, 0.3) is 0 Å². The van der Waals surface area contributed by atoms with E-state index in [1.165, 1.54) is 18.2 Å². The maximum absolute atomic E-state index is 11.8. The van der Waals surface area contributed by atoms with Gasteiger partial charge < -0.3 is 9.52 Å². The third kappa shape index (κ3) is 2.56. The molecular weight excluding hydrogens is 264 g/mol. The minimum absolute atomic E-state index is 0.121. The van der Waals surface area contributed by atoms with Crippen LogP contribution in [0.5, 0.6) is 0 Å². The third-order valence-corrected chi connectivity index (χ3v) is 5.13. The summed E-state index contributed by atoms with van der Waals surface area (Å²) in [4.78, 5) is 10.6. The molecule has 17 heavy (non-hydrogen) atoms. The van der Waals surface area contributed by atoms with Gasteiger partial charge >= 0.3 is 5.97 Å². The Morgan fingerprint density at radius 3 is 2.65 bits per heavy atom. The van der Waals surface area contributed by atoms with Crippen LogP contribution in [0.2, 0.25) is 0 Å². The number of furan rings is 1. The zero-order valence-electron chi connectivity index (χ0n) is 8.49. The van der Waals surface area contributed by atoms with E-state index in [1.54, 1.807) is 11.4 Å². The fourth-order valence-electron chi connectivity index (χ4n) is 1.27. The van der Waals surface area contributed by atoms with Crippen molar-refractivity contribution < 1.29 is 22.7 Å². The van der Waals surface area contributed by atoms with Crippen molar-refractivity contribution in [2.75, 3.05) is 0 Å². The molecule has 0 unspecified atom stereocenters. The molecule has 7 heteroatoms. The van der Waals surface area contributed by atoms with Gasteiger partial charge in [-0.2, -0.15) is 0 Å². The van der Waals surface area contributed by atoms with E-state index in [0.717, 1.165) is 11.3 Å². The highest BCUT2D eigenvalue weighted by molar-refractivity contribution is 7.92. The van der Waals surface area contributed by atoms with Gasteiger partial charge in [-0.05, 0) is 23.6 Å². The Labute approximate surface area is 101 Å². The number of aromatic carboxylic acids is 1. The van der Waals surface area contributed by atoms with Crippen molar-refractivity contribution in [2.45, 2.75) is 9.96 Å². The van der Waals surface area contributed by atoms with Crippen molar-refractivity contribution in [3.8, 4) is 0 Å². The van der Waals surface area contributed by atoms with Gasteiger partial charge in [0, 0.05) is 0 Å². The maximum atomic E-state index is 11.8. The molecule has 1 N–H and O–H groups in total. The first-order valence-electron chi connectivity index (χ1n) is 4.57. The van der Waals surface area contributed by atoms with Crippen LogP contribution in [-0.4, -0.2) is 19.5 Å². The highest BCUT2D eigenvalue weighted by Gasteiger charge is 2.19. The van der Waals surface area contributed by atoms with Gasteiger partial charge in [-0.15, -0.1) is 11.3 Å². The second-order valence-corrected chi connectivity index (χ2v) is 6.43. The Morgan fingerprint density at radius 1 is 1.35 bits per heavy atom. The van der Waals surface area contributed by atoms with Gasteiger partial charge in [0.15, 0.2) is 9.84 Å². The van der Waals surface area contributed by atoms with E-state index in [2.05, 4.69) is 0 Å². The molecule has 0 radical (unpaired) electrons. The normalized spacial score (nSPS) is 11.5. The summed E-state index contributed by atoms with van der Waals surface area (Å²) in [6.07, 6.45) is 0. The molecule has 90 valence electrons. The zero-order chi connectivity index (χ0) is 12.5. The molecule has 0 atom stereocenters. The average Bonchev–Trinajstić information content (AvgIpc) is 2.85. The van der Waals surface area contributed by atoms with Crippen molar-refractivity contribution in [1.82, 2.24) is 0 Å². The summed E-state index contributed by atoms with van der Waals surface area (Å²) in [7, 11) is -3.45. The van der Waals surface area contributed by atoms with Crippen LogP contribution in [0.4, 0.5) is 0 Å². The molecule has 0 fully saturated rings. The molecule has 0 aromatic carbocycles. The van der Waals surface area contributed by atoms with Crippen LogP contribution in [0.25, 0.3) is 0 Å². The fourth-order valence-corrected chi connectivity index (χ4v) is 3.61. The van der Waals surface area contributed by atoms with E-state index in [4.69, 9.17) is 9.52 Å². The van der Waals surface area contributed by atoms with Gasteiger partial charge in [0.05, 0.1) is 0 Å². The number of thiophene rings is 1. The van der Waals surface area contributed by atoms with Crippen LogP contribution in [0.1, 0.15) is 16.3 Å². The summed E-state index contributed by atoms with van der Waals surface area (Å²) in [6.45, 7) is 0. The first-order chi connectivity index (χ1) is 7.99. The standard InChI is InChI=1S/C10H8O5S2/c11-10(12)8-4-3-7(15-8)6-17(13,14)9-2-1-5-16-9/h1-5H,6H2,(H,11,12). The molecule has 2 heterocycles. The number of rotatable bonds is 4. The van der Waals surface area contributed by atoms with Crippen LogP contribution in [-0.2, 0) is 15.6 Å². The topological polar surface area (TPSA) is 84.6 Å². The van der Waals surface area contributed by atoms with Crippen molar-refractivity contribution >= 4 is 27.1 Å². The lowest BCUT2D eigenvalue weighted by atomic mass is 10.4. The second kappa shape index (κ2) is 4.34. The molecule has 0 aliphatic heterocycles. The molecule has 0 saturated heterocycles. The van der Waals surface area contributed by atoms with Crippen LogP contribution >= 0.6 is 11.3 Å². The fraction of sp³-hybridized carbons (Fsp3) is 0.100. The van der Waals surface area contributed by atoms with Gasteiger partial charge in [0.2, 0.25) is 5.76 Å². The molecule has 0 aliphatic carbocycles. The number of carbonyl (C=O) groups is 1. The lowest BCUT2D eigenvalue weighted by Gasteiger charge is -1.98. The maximum Gasteiger partial charge on any atom is 0.371 e. The lowest BCUT2D eigenvalue weighted by molar-refractivity contribution is 0.0660. The van der Waals surface area contributed by atoms with Gasteiger partial charge in [-0.25, -0.2) is 13.2 Å². The van der Waals surface area contributed by atoms with Crippen molar-refractivity contribution in [3.63, 3.8) is 0 Å². The Balaban J connectivity index is 2.24. The molecule has 0 amide bonds. The molecule has 0 aliphatic rings. The van der Waals surface area contributed by atoms with E-state index < -0.39 is 15.8 Å². The number of carboxylic acids is 1. The molecule has 0 spiro atoms. The predicted octanol–water partition coefficient (Wildman–Crippen LogP) is 2.01. The van der Waals surface area contributed by atoms with Gasteiger partial charge in [0.1, 0.15) is 15.7 Å². The quantitative estimate of drug-likeness (QED) is 0.920. The average molecular weight is 272 g/mol. The number of sulfone groups is 1. The summed E-state index contributed by atoms with van der Waals surface area (Å²) >= 11 is 1.12. The molecule has 2 aromatic rings. The summed E-state index contributed by atoms with van der Waals surface area (Å²) in [5.74, 6) is -1.69. The number of hydrogen-bond donors (Lipinski definition) is 1. The van der Waals surface area contributed by atoms with Crippen LogP contribution in [0.15, 0.2) is 38.3 Å². The first-order valence-corrected chi connectivity index (χ1v) is 7.10. The number of carboxylic acid groups (broad SMARTS) is 1. The molecule has 2 rings (SSSR count).